The van der Waals surface area contributed by atoms with Crippen LogP contribution in [-0.4, -0.2) is 196 Å². The lowest BCUT2D eigenvalue weighted by Crippen LogP contribution is -2.52. The Kier molecular flexibility index (Phi) is 65.5. The first kappa shape index (κ1) is 101. The molecule has 0 heterocycles. The Morgan fingerprint density at radius 1 is 0.281 bits per heavy atom. The van der Waals surface area contributed by atoms with Crippen molar-refractivity contribution in [2.24, 2.45) is 16.7 Å². The van der Waals surface area contributed by atoms with Gasteiger partial charge in [-0.05, 0) is 220 Å². The van der Waals surface area contributed by atoms with Crippen molar-refractivity contribution in [3.63, 3.8) is 0 Å². The lowest BCUT2D eigenvalue weighted by Gasteiger charge is -2.59. The van der Waals surface area contributed by atoms with E-state index in [1.165, 1.54) is 19.3 Å². The lowest BCUT2D eigenvalue weighted by molar-refractivity contribution is -0.0771. The van der Waals surface area contributed by atoms with Gasteiger partial charge in [-0.25, -0.2) is 0 Å². The molecule has 0 N–H and O–H groups in total. The van der Waals surface area contributed by atoms with Gasteiger partial charge >= 0.3 is 39.8 Å². The van der Waals surface area contributed by atoms with E-state index < -0.39 is 39.8 Å². The highest BCUT2D eigenvalue weighted by atomic mass is 33.8. The molecule has 15 nitrogen and oxygen atoms in total. The number of rotatable bonds is 70. The fraction of sp³-hybridized carbons (Fsp3) is 1.00. The lowest BCUT2D eigenvalue weighted by atomic mass is 9.47. The zero-order valence-electron chi connectivity index (χ0n) is 61.7. The topological polar surface area (TPSA) is 138 Å². The van der Waals surface area contributed by atoms with Crippen LogP contribution in [0.1, 0.15) is 190 Å². The normalized spacial score (nSPS) is 19.3. The van der Waals surface area contributed by atoms with Crippen LogP contribution in [0.5, 0.6) is 0 Å². The van der Waals surface area contributed by atoms with Crippen LogP contribution in [0.25, 0.3) is 0 Å². The summed E-state index contributed by atoms with van der Waals surface area (Å²) in [6.07, 6.45) is 9.01. The zero-order chi connectivity index (χ0) is 71.5. The summed E-state index contributed by atoms with van der Waals surface area (Å²) in [4.78, 5) is 0. The van der Waals surface area contributed by atoms with Gasteiger partial charge in [0.1, 0.15) is 0 Å². The van der Waals surface area contributed by atoms with Gasteiger partial charge in [-0.3, -0.25) is 0 Å². The van der Waals surface area contributed by atoms with Crippen LogP contribution in [0.15, 0.2) is 0 Å². The Morgan fingerprint density at radius 3 is 0.677 bits per heavy atom. The van der Waals surface area contributed by atoms with Crippen LogP contribution in [0.4, 0.5) is 0 Å². The Labute approximate surface area is 660 Å². The molecule has 0 saturated heterocycles. The molecule has 40 heteroatoms. The molecular formula is C56H127O15S20Si5+5. The maximum Gasteiger partial charge on any atom is 0.808 e. The van der Waals surface area contributed by atoms with E-state index in [1.54, 1.807) is 0 Å². The van der Waals surface area contributed by atoms with Crippen molar-refractivity contribution in [3.8, 4) is 0 Å². The maximum absolute atomic E-state index is 6.70. The van der Waals surface area contributed by atoms with Crippen molar-refractivity contribution in [1.82, 2.24) is 0 Å². The molecule has 6 unspecified atom stereocenters. The Hall–Kier alpha value is 7.48. The number of hydrogen-bond acceptors (Lipinski definition) is 30. The molecular weight excluding hydrogens is 1690 g/mol. The SMILES string of the molecule is CCO[Si](OCC)(OCC)[S+](SCC)SSCCC1CCCC(CCSS[S+](SCC)[Si](OCC)(OCC)OCC)(CCSS[S+](SCC)[Si](OCC)(OCC)OCC)C1(CCSS[S+](SCC)[Si](OCC)(OCC)OCC)CCSS[S+](SCC)[Si](OCC)(OCC)OCC. The Morgan fingerprint density at radius 2 is 0.479 bits per heavy atom. The van der Waals surface area contributed by atoms with Gasteiger partial charge in [0.15, 0.2) is 91.2 Å². The minimum atomic E-state index is -3.07. The van der Waals surface area contributed by atoms with Crippen LogP contribution in [0, 0.1) is 16.7 Å². The van der Waals surface area contributed by atoms with Gasteiger partial charge in [0.2, 0.25) is 0 Å². The average Bonchev–Trinajstić information content (AvgIpc) is 0.738. The summed E-state index contributed by atoms with van der Waals surface area (Å²) in [6, 6.07) is 0. The average molecular weight is 1820 g/mol. The predicted octanol–water partition coefficient (Wildman–Crippen LogP) is 21.3. The molecule has 96 heavy (non-hydrogen) atoms. The third kappa shape index (κ3) is 34.0. The highest BCUT2D eigenvalue weighted by Crippen LogP contribution is 2.66. The standard InChI is InChI=1S/C56H127O15S20Si5/c1-21-57-92(58-22-2,59-23-3)87(77-36-16)82-72-49-43-54-42-41-44-55(45-50-73-83-88(78-37-17)93(60-24-4,61-25-5)62-26-6,46-51-74-84-89(79-38-18)94(63-27-7,64-28-8)65-29-9)56(54,47-52-75-85-90(80-39-19)95(66-30-10,67-31-11)68-32-12)48-53-76-86-91(81-40-20)96(69-33-13,70-34-14)71-35-15/h54H,21-53H2,1-20H3/q+5. The van der Waals surface area contributed by atoms with E-state index in [2.05, 4.69) is 138 Å². The zero-order valence-corrected chi connectivity index (χ0v) is 83.0. The Balaban J connectivity index is 4.64. The van der Waals surface area contributed by atoms with Crippen LogP contribution in [0.2, 0.25) is 0 Å². The molecule has 0 aliphatic heterocycles. The summed E-state index contributed by atoms with van der Waals surface area (Å²) >= 11 is 0. The van der Waals surface area contributed by atoms with Gasteiger partial charge in [-0.2, -0.15) is 0 Å². The van der Waals surface area contributed by atoms with Crippen LogP contribution in [-0.2, 0) is 108 Å². The van der Waals surface area contributed by atoms with Gasteiger partial charge in [0, 0.05) is 157 Å². The molecule has 1 fully saturated rings. The summed E-state index contributed by atoms with van der Waals surface area (Å²) in [7, 11) is 12.8. The minimum absolute atomic E-state index is 0.0230. The van der Waals surface area contributed by atoms with Crippen LogP contribution in [0.3, 0.4) is 0 Å². The number of hydrogen-bond donors (Lipinski definition) is 0. The first-order valence-corrected chi connectivity index (χ1v) is 74.6. The summed E-state index contributed by atoms with van der Waals surface area (Å²) in [6.45, 7) is 50.8. The molecule has 0 bridgehead atoms. The summed E-state index contributed by atoms with van der Waals surface area (Å²) < 4.78 is 100. The molecule has 1 saturated carbocycles. The van der Waals surface area contributed by atoms with Crippen molar-refractivity contribution in [2.75, 3.05) is 157 Å². The van der Waals surface area contributed by atoms with Gasteiger partial charge in [-0.15, -0.1) is 0 Å². The van der Waals surface area contributed by atoms with E-state index >= 15 is 0 Å². The van der Waals surface area contributed by atoms with E-state index in [1.807, 2.05) is 157 Å². The highest BCUT2D eigenvalue weighted by Gasteiger charge is 2.71. The first-order valence-electron chi connectivity index (χ1n) is 34.6. The fourth-order valence-electron chi connectivity index (χ4n) is 10.7. The van der Waals surface area contributed by atoms with Crippen LogP contribution < -0.4 is 0 Å². The molecule has 576 valence electrons. The molecule has 0 aromatic rings. The molecule has 0 spiro atoms. The van der Waals surface area contributed by atoms with Gasteiger partial charge in [0.25, 0.3) is 0 Å². The van der Waals surface area contributed by atoms with Gasteiger partial charge < -0.3 is 66.4 Å². The smallest absolute Gasteiger partial charge is 0.331 e. The second-order valence-electron chi connectivity index (χ2n) is 19.5. The molecule has 0 radical (unpaired) electrons. The minimum Gasteiger partial charge on any atom is -0.331 e. The van der Waals surface area contributed by atoms with Gasteiger partial charge in [-0.1, -0.05) is 41.0 Å². The summed E-state index contributed by atoms with van der Waals surface area (Å²) in [5.74, 6) is 10.2. The van der Waals surface area contributed by atoms with Crippen molar-refractivity contribution in [3.05, 3.63) is 0 Å². The molecule has 6 atom stereocenters. The quantitative estimate of drug-likeness (QED) is 0.0247. The van der Waals surface area contributed by atoms with Gasteiger partial charge in [0.05, 0.1) is 54.0 Å². The molecule has 0 amide bonds. The predicted molar refractivity (Wildman–Crippen MR) is 476 cm³/mol. The third-order valence-corrected chi connectivity index (χ3v) is 109. The summed E-state index contributed by atoms with van der Waals surface area (Å²) in [5.41, 5.74) is -0.0740. The first-order chi connectivity index (χ1) is 46.6. The van der Waals surface area contributed by atoms with Crippen LogP contribution >= 0.6 is 157 Å². The van der Waals surface area contributed by atoms with Crippen molar-refractivity contribution >= 4 is 239 Å². The Bertz CT molecular complexity index is 1670. The van der Waals surface area contributed by atoms with E-state index in [9.17, 15) is 0 Å². The van der Waals surface area contributed by atoms with Crippen molar-refractivity contribution < 1.29 is 66.4 Å². The molecule has 0 aromatic heterocycles. The van der Waals surface area contributed by atoms with E-state index in [0.29, 0.717) is 105 Å². The second kappa shape index (κ2) is 62.0. The largest absolute Gasteiger partial charge is 0.808 e. The third-order valence-electron chi connectivity index (χ3n) is 13.7. The molecule has 1 aliphatic carbocycles. The van der Waals surface area contributed by atoms with E-state index in [0.717, 1.165) is 89.6 Å². The monoisotopic (exact) mass is 1820 g/mol. The molecule has 1 rings (SSSR count). The highest BCUT2D eigenvalue weighted by molar-refractivity contribution is 9.31. The van der Waals surface area contributed by atoms with E-state index in [-0.39, 0.29) is 52.9 Å². The second-order valence-corrected chi connectivity index (χ2v) is 90.0. The van der Waals surface area contributed by atoms with Crippen molar-refractivity contribution in [1.29, 1.82) is 0 Å². The molecule has 0 aromatic carbocycles. The maximum atomic E-state index is 6.70. The summed E-state index contributed by atoms with van der Waals surface area (Å²) in [5, 5.41) is 0. The fourth-order valence-corrected chi connectivity index (χ4v) is 115. The molecule has 1 aliphatic rings. The van der Waals surface area contributed by atoms with E-state index in [4.69, 9.17) is 66.4 Å². The van der Waals surface area contributed by atoms with Crippen molar-refractivity contribution in [2.45, 2.75) is 190 Å².